The lowest BCUT2D eigenvalue weighted by molar-refractivity contribution is 0.0508. The van der Waals surface area contributed by atoms with Crippen molar-refractivity contribution in [3.05, 3.63) is 83.3 Å². The van der Waals surface area contributed by atoms with Crippen molar-refractivity contribution in [1.82, 2.24) is 24.8 Å². The Labute approximate surface area is 281 Å². The largest absolute Gasteiger partial charge is 0.475 e. The van der Waals surface area contributed by atoms with Crippen LogP contribution in [0, 0.1) is 19.8 Å². The van der Waals surface area contributed by atoms with Crippen molar-refractivity contribution in [3.63, 3.8) is 0 Å². The number of hydrogen-bond donors (Lipinski definition) is 1. The zero-order valence-electron chi connectivity index (χ0n) is 27.6. The molecular formula is C36H41N7O4S. The number of carbonyl (C=O) groups excluding carboxylic acids is 1. The first kappa shape index (κ1) is 32.0. The highest BCUT2D eigenvalue weighted by molar-refractivity contribution is 7.92. The summed E-state index contributed by atoms with van der Waals surface area (Å²) in [5.41, 5.74) is 4.32. The van der Waals surface area contributed by atoms with Crippen molar-refractivity contribution in [1.29, 1.82) is 0 Å². The highest BCUT2D eigenvalue weighted by Gasteiger charge is 2.33. The van der Waals surface area contributed by atoms with Gasteiger partial charge >= 0.3 is 0 Å². The lowest BCUT2D eigenvalue weighted by Gasteiger charge is -2.37. The Hall–Kier alpha value is -4.58. The molecule has 3 aliphatic rings. The minimum Gasteiger partial charge on any atom is -0.475 e. The topological polar surface area (TPSA) is 131 Å². The maximum absolute atomic E-state index is 14.5. The van der Waals surface area contributed by atoms with Gasteiger partial charge in [-0.05, 0) is 74.8 Å². The molecule has 1 atom stereocenters. The van der Waals surface area contributed by atoms with Crippen molar-refractivity contribution in [2.75, 3.05) is 23.3 Å². The molecule has 4 aromatic rings. The number of hydrogen-bond acceptors (Lipinski definition) is 9. The summed E-state index contributed by atoms with van der Waals surface area (Å²) in [5.74, 6) is 1.05. The molecule has 0 radical (unpaired) electrons. The molecule has 12 heteroatoms. The smallest absolute Gasteiger partial charge is 0.264 e. The van der Waals surface area contributed by atoms with Gasteiger partial charge in [0.15, 0.2) is 0 Å². The average molecular weight is 668 g/mol. The van der Waals surface area contributed by atoms with Crippen LogP contribution in [0.3, 0.4) is 0 Å². The van der Waals surface area contributed by atoms with Crippen LogP contribution in [0.1, 0.15) is 72.1 Å². The molecule has 0 spiro atoms. The van der Waals surface area contributed by atoms with Gasteiger partial charge in [0.25, 0.3) is 15.9 Å². The highest BCUT2D eigenvalue weighted by atomic mass is 32.2. The van der Waals surface area contributed by atoms with Gasteiger partial charge < -0.3 is 14.5 Å². The predicted octanol–water partition coefficient (Wildman–Crippen LogP) is 5.93. The standard InChI is InChI=1S/C36H41N7O4S/c1-23-8-4-9-24(2)34(23)31-18-33-40-36(39-31)41-48(45,46)30-15-6-12-26(17-30)35(44)43(29(22-47-33)16-25-10-5-11-25)21-27-19-37-20-32(38-27)42(3)28-13-7-14-28/h4,6,8-9,12,15,17-20,25,28-29H,5,7,10-11,13-14,16,21-22H2,1-3H3,(H,39,40,41)/t29-/m1/s1. The van der Waals surface area contributed by atoms with Crippen molar-refractivity contribution in [2.24, 2.45) is 5.92 Å². The molecule has 4 bridgehead atoms. The third kappa shape index (κ3) is 6.58. The first-order chi connectivity index (χ1) is 23.1. The number of rotatable bonds is 7. The number of ether oxygens (including phenoxy) is 1. The molecule has 0 unspecified atom stereocenters. The van der Waals surface area contributed by atoms with Crippen molar-refractivity contribution >= 4 is 27.7 Å². The molecule has 7 rings (SSSR count). The fraction of sp³-hybridized carbons (Fsp3) is 0.417. The van der Waals surface area contributed by atoms with Gasteiger partial charge in [0.1, 0.15) is 12.4 Å². The number of carbonyl (C=O) groups is 1. The maximum Gasteiger partial charge on any atom is 0.264 e. The van der Waals surface area contributed by atoms with Crippen molar-refractivity contribution in [3.8, 4) is 17.1 Å². The summed E-state index contributed by atoms with van der Waals surface area (Å²) in [6.45, 7) is 4.33. The van der Waals surface area contributed by atoms with Gasteiger partial charge in [-0.2, -0.15) is 4.98 Å². The summed E-state index contributed by atoms with van der Waals surface area (Å²) in [5, 5.41) is 0. The number of nitrogens with zero attached hydrogens (tertiary/aromatic N) is 6. The average Bonchev–Trinajstić information content (AvgIpc) is 3.01. The quantitative estimate of drug-likeness (QED) is 0.255. The number of anilines is 2. The molecule has 1 amide bonds. The zero-order chi connectivity index (χ0) is 33.4. The van der Waals surface area contributed by atoms with Crippen LogP contribution in [0.4, 0.5) is 11.8 Å². The van der Waals surface area contributed by atoms with Gasteiger partial charge in [-0.1, -0.05) is 43.5 Å². The molecule has 2 aromatic carbocycles. The number of benzene rings is 2. The third-order valence-electron chi connectivity index (χ3n) is 10.0. The van der Waals surface area contributed by atoms with Crippen LogP contribution in [0.15, 0.2) is 65.8 Å². The van der Waals surface area contributed by atoms with Crippen LogP contribution < -0.4 is 14.4 Å². The number of amides is 1. The Morgan fingerprint density at radius 3 is 2.42 bits per heavy atom. The fourth-order valence-electron chi connectivity index (χ4n) is 6.76. The van der Waals surface area contributed by atoms with Crippen LogP contribution in [-0.2, 0) is 16.6 Å². The Bertz CT molecular complexity index is 1920. The van der Waals surface area contributed by atoms with E-state index in [1.165, 1.54) is 18.6 Å². The summed E-state index contributed by atoms with van der Waals surface area (Å²) < 4.78 is 36.4. The van der Waals surface area contributed by atoms with Crippen LogP contribution >= 0.6 is 0 Å². The van der Waals surface area contributed by atoms with E-state index in [-0.39, 0.29) is 47.4 Å². The second-order valence-corrected chi connectivity index (χ2v) is 15.0. The molecule has 48 heavy (non-hydrogen) atoms. The first-order valence-corrected chi connectivity index (χ1v) is 18.2. The van der Waals surface area contributed by atoms with Gasteiger partial charge in [0.05, 0.1) is 41.3 Å². The molecule has 1 N–H and O–H groups in total. The van der Waals surface area contributed by atoms with E-state index in [0.717, 1.165) is 61.0 Å². The van der Waals surface area contributed by atoms with E-state index in [4.69, 9.17) is 9.72 Å². The Kier molecular flexibility index (Phi) is 8.76. The van der Waals surface area contributed by atoms with E-state index in [0.29, 0.717) is 23.3 Å². The van der Waals surface area contributed by atoms with Gasteiger partial charge in [-0.15, -0.1) is 0 Å². The van der Waals surface area contributed by atoms with Crippen LogP contribution in [-0.4, -0.2) is 64.9 Å². The summed E-state index contributed by atoms with van der Waals surface area (Å²) in [7, 11) is -2.12. The van der Waals surface area contributed by atoms with Gasteiger partial charge in [0.2, 0.25) is 11.8 Å². The zero-order valence-corrected chi connectivity index (χ0v) is 28.4. The minimum atomic E-state index is -4.15. The maximum atomic E-state index is 14.5. The number of nitrogens with one attached hydrogen (secondary N) is 1. The minimum absolute atomic E-state index is 0.0597. The van der Waals surface area contributed by atoms with E-state index in [2.05, 4.69) is 24.6 Å². The molecule has 3 heterocycles. The SMILES string of the molecule is Cc1cccc(C)c1-c1cc2nc(n1)NS(=O)(=O)c1cccc(c1)C(=O)N(Cc1cncc(N(C)C3CCC3)n1)[C@H](CC1CCC1)CO2. The van der Waals surface area contributed by atoms with Crippen molar-refractivity contribution < 1.29 is 17.9 Å². The molecule has 2 aliphatic carbocycles. The number of sulfonamides is 1. The van der Waals surface area contributed by atoms with E-state index in [9.17, 15) is 13.2 Å². The summed E-state index contributed by atoms with van der Waals surface area (Å²) in [6, 6.07) is 13.9. The molecular weight excluding hydrogens is 627 g/mol. The summed E-state index contributed by atoms with van der Waals surface area (Å²) >= 11 is 0. The Morgan fingerprint density at radius 1 is 0.958 bits per heavy atom. The van der Waals surface area contributed by atoms with E-state index in [1.54, 1.807) is 35.5 Å². The number of aryl methyl sites for hydroxylation is 2. The molecule has 1 aliphatic heterocycles. The van der Waals surface area contributed by atoms with Crippen LogP contribution in [0.25, 0.3) is 11.3 Å². The second kappa shape index (κ2) is 13.1. The van der Waals surface area contributed by atoms with Crippen LogP contribution in [0.2, 0.25) is 0 Å². The lowest BCUT2D eigenvalue weighted by atomic mass is 9.80. The lowest BCUT2D eigenvalue weighted by Crippen LogP contribution is -2.45. The van der Waals surface area contributed by atoms with Crippen molar-refractivity contribution in [2.45, 2.75) is 82.3 Å². The van der Waals surface area contributed by atoms with E-state index in [1.807, 2.05) is 39.1 Å². The normalized spacial score (nSPS) is 19.4. The monoisotopic (exact) mass is 667 g/mol. The molecule has 2 saturated carbocycles. The van der Waals surface area contributed by atoms with Crippen LogP contribution in [0.5, 0.6) is 5.88 Å². The summed E-state index contributed by atoms with van der Waals surface area (Å²) in [6.07, 6.45) is 11.0. The first-order valence-electron chi connectivity index (χ1n) is 16.7. The Morgan fingerprint density at radius 2 is 1.71 bits per heavy atom. The molecule has 11 nitrogen and oxygen atoms in total. The van der Waals surface area contributed by atoms with Gasteiger partial charge in [-0.25, -0.2) is 23.1 Å². The third-order valence-corrected chi connectivity index (χ3v) is 11.3. The molecule has 250 valence electrons. The molecule has 2 aromatic heterocycles. The molecule has 2 fully saturated rings. The fourth-order valence-corrected chi connectivity index (χ4v) is 7.75. The molecule has 0 saturated heterocycles. The predicted molar refractivity (Wildman–Crippen MR) is 183 cm³/mol. The van der Waals surface area contributed by atoms with Gasteiger partial charge in [-0.3, -0.25) is 9.78 Å². The number of aromatic nitrogens is 4. The van der Waals surface area contributed by atoms with Gasteiger partial charge in [0, 0.05) is 30.3 Å². The Balaban J connectivity index is 1.31. The van der Waals surface area contributed by atoms with E-state index < -0.39 is 10.0 Å². The number of fused-ring (bicyclic) bond motifs is 4. The van der Waals surface area contributed by atoms with E-state index >= 15 is 0 Å². The summed E-state index contributed by atoms with van der Waals surface area (Å²) in [4.78, 5) is 36.9. The highest BCUT2D eigenvalue weighted by Crippen LogP contribution is 2.34. The second-order valence-electron chi connectivity index (χ2n) is 13.3.